The van der Waals surface area contributed by atoms with Crippen LogP contribution in [0.4, 0.5) is 0 Å². The van der Waals surface area contributed by atoms with Crippen molar-refractivity contribution in [3.05, 3.63) is 27.2 Å². The van der Waals surface area contributed by atoms with Gasteiger partial charge in [-0.2, -0.15) is 0 Å². The van der Waals surface area contributed by atoms with Gasteiger partial charge in [0.05, 0.1) is 6.33 Å². The van der Waals surface area contributed by atoms with E-state index in [0.29, 0.717) is 0 Å². The van der Waals surface area contributed by atoms with E-state index in [-0.39, 0.29) is 40.7 Å². The summed E-state index contributed by atoms with van der Waals surface area (Å²) in [4.78, 5) is 41.3. The normalized spacial score (nSPS) is 19.3. The second kappa shape index (κ2) is 6.33. The highest BCUT2D eigenvalue weighted by Gasteiger charge is 2.38. The number of piperidine rings is 1. The van der Waals surface area contributed by atoms with Crippen molar-refractivity contribution in [1.29, 1.82) is 0 Å². The van der Waals surface area contributed by atoms with Gasteiger partial charge in [-0.15, -0.1) is 0 Å². The lowest BCUT2D eigenvalue weighted by molar-refractivity contribution is -0.122. The zero-order valence-electron chi connectivity index (χ0n) is 16.8. The Morgan fingerprint density at radius 2 is 1.78 bits per heavy atom. The number of imidazole rings is 1. The minimum atomic E-state index is -0.456. The number of aryl methyl sites for hydroxylation is 1. The Hall–Kier alpha value is -2.42. The Morgan fingerprint density at radius 1 is 1.19 bits per heavy atom. The second-order valence-corrected chi connectivity index (χ2v) is 8.82. The standard InChI is InChI=1S/C18H28N6O3/c1-17(2)7-11(8-18(3,4)21-17)20-12(25)9-24-10-19-14-13(24)15(26)23(6)16(27)22(14)5/h10-11,21H,7-9H2,1-6H3,(H,20,25). The number of carbonyl (C=O) groups excluding carboxylic acids is 1. The quantitative estimate of drug-likeness (QED) is 0.776. The Morgan fingerprint density at radius 3 is 2.37 bits per heavy atom. The number of rotatable bonds is 3. The fourth-order valence-electron chi connectivity index (χ4n) is 4.37. The molecule has 0 saturated carbocycles. The maximum atomic E-state index is 12.6. The summed E-state index contributed by atoms with van der Waals surface area (Å²) in [6.45, 7) is 8.48. The van der Waals surface area contributed by atoms with Crippen LogP contribution in [-0.4, -0.2) is 41.7 Å². The molecule has 3 heterocycles. The van der Waals surface area contributed by atoms with Crippen LogP contribution >= 0.6 is 0 Å². The Kier molecular flexibility index (Phi) is 4.54. The minimum absolute atomic E-state index is 0.0191. The van der Waals surface area contributed by atoms with Gasteiger partial charge >= 0.3 is 5.69 Å². The van der Waals surface area contributed by atoms with E-state index in [1.54, 1.807) is 7.05 Å². The van der Waals surface area contributed by atoms with Gasteiger partial charge in [0.1, 0.15) is 6.54 Å². The van der Waals surface area contributed by atoms with E-state index in [0.717, 1.165) is 17.4 Å². The molecule has 0 bridgehead atoms. The summed E-state index contributed by atoms with van der Waals surface area (Å²) >= 11 is 0. The van der Waals surface area contributed by atoms with Gasteiger partial charge in [-0.25, -0.2) is 9.78 Å². The molecule has 0 unspecified atom stereocenters. The molecule has 0 radical (unpaired) electrons. The summed E-state index contributed by atoms with van der Waals surface area (Å²) in [6, 6.07) is 0.0470. The average Bonchev–Trinajstić information content (AvgIpc) is 2.91. The number of nitrogens with one attached hydrogen (secondary N) is 2. The van der Waals surface area contributed by atoms with E-state index < -0.39 is 11.2 Å². The number of aromatic nitrogens is 4. The molecule has 0 aliphatic carbocycles. The van der Waals surface area contributed by atoms with Crippen LogP contribution in [0.1, 0.15) is 40.5 Å². The minimum Gasteiger partial charge on any atom is -0.352 e. The lowest BCUT2D eigenvalue weighted by atomic mass is 9.79. The predicted octanol–water partition coefficient (Wildman–Crippen LogP) is -0.141. The molecular formula is C18H28N6O3. The van der Waals surface area contributed by atoms with E-state index in [9.17, 15) is 14.4 Å². The van der Waals surface area contributed by atoms with Crippen LogP contribution in [-0.2, 0) is 25.4 Å². The lowest BCUT2D eigenvalue weighted by Gasteiger charge is -2.46. The molecule has 1 aliphatic rings. The highest BCUT2D eigenvalue weighted by Crippen LogP contribution is 2.28. The fraction of sp³-hybridized carbons (Fsp3) is 0.667. The first-order chi connectivity index (χ1) is 12.4. The average molecular weight is 376 g/mol. The Labute approximate surface area is 157 Å². The molecule has 0 aromatic carbocycles. The van der Waals surface area contributed by atoms with Gasteiger partial charge in [0.2, 0.25) is 5.91 Å². The molecular weight excluding hydrogens is 348 g/mol. The summed E-state index contributed by atoms with van der Waals surface area (Å²) in [6.07, 6.45) is 3.08. The van der Waals surface area contributed by atoms with Crippen molar-refractivity contribution in [3.8, 4) is 0 Å². The first-order valence-corrected chi connectivity index (χ1v) is 9.10. The predicted molar refractivity (Wildman–Crippen MR) is 103 cm³/mol. The smallest absolute Gasteiger partial charge is 0.332 e. The van der Waals surface area contributed by atoms with Crippen LogP contribution in [0.5, 0.6) is 0 Å². The second-order valence-electron chi connectivity index (χ2n) is 8.82. The number of carbonyl (C=O) groups is 1. The highest BCUT2D eigenvalue weighted by atomic mass is 16.2. The first-order valence-electron chi connectivity index (χ1n) is 9.10. The fourth-order valence-corrected chi connectivity index (χ4v) is 4.37. The molecule has 1 aliphatic heterocycles. The number of nitrogens with zero attached hydrogens (tertiary/aromatic N) is 4. The van der Waals surface area contributed by atoms with Gasteiger partial charge in [0, 0.05) is 31.2 Å². The molecule has 2 aromatic heterocycles. The van der Waals surface area contributed by atoms with Crippen molar-refractivity contribution in [2.75, 3.05) is 0 Å². The van der Waals surface area contributed by atoms with Crippen molar-refractivity contribution < 1.29 is 4.79 Å². The number of hydrogen-bond acceptors (Lipinski definition) is 5. The Balaban J connectivity index is 1.83. The molecule has 9 heteroatoms. The third-order valence-electron chi connectivity index (χ3n) is 5.09. The summed E-state index contributed by atoms with van der Waals surface area (Å²) in [5.41, 5.74) is -0.518. The van der Waals surface area contributed by atoms with Crippen molar-refractivity contribution >= 4 is 17.1 Å². The molecule has 1 saturated heterocycles. The van der Waals surface area contributed by atoms with E-state index in [2.05, 4.69) is 43.3 Å². The zero-order chi connectivity index (χ0) is 20.1. The van der Waals surface area contributed by atoms with Crippen LogP contribution in [0, 0.1) is 0 Å². The van der Waals surface area contributed by atoms with Gasteiger partial charge in [0.15, 0.2) is 11.2 Å². The highest BCUT2D eigenvalue weighted by molar-refractivity contribution is 5.79. The van der Waals surface area contributed by atoms with Crippen molar-refractivity contribution in [3.63, 3.8) is 0 Å². The van der Waals surface area contributed by atoms with Crippen LogP contribution in [0.2, 0.25) is 0 Å². The van der Waals surface area contributed by atoms with Crippen molar-refractivity contribution in [2.45, 2.75) is 64.2 Å². The topological polar surface area (TPSA) is 103 Å². The van der Waals surface area contributed by atoms with E-state index in [4.69, 9.17) is 0 Å². The monoisotopic (exact) mass is 376 g/mol. The lowest BCUT2D eigenvalue weighted by Crippen LogP contribution is -2.62. The van der Waals surface area contributed by atoms with Crippen LogP contribution < -0.4 is 21.9 Å². The van der Waals surface area contributed by atoms with E-state index in [1.165, 1.54) is 22.5 Å². The molecule has 1 amide bonds. The number of hydrogen-bond donors (Lipinski definition) is 2. The molecule has 0 atom stereocenters. The van der Waals surface area contributed by atoms with Gasteiger partial charge in [-0.3, -0.25) is 18.7 Å². The SMILES string of the molecule is Cn1c(=O)c2c(ncn2CC(=O)NC2CC(C)(C)NC(C)(C)C2)n(C)c1=O. The summed E-state index contributed by atoms with van der Waals surface area (Å²) in [7, 11) is 2.97. The van der Waals surface area contributed by atoms with Gasteiger partial charge in [-0.1, -0.05) is 0 Å². The summed E-state index contributed by atoms with van der Waals surface area (Å²) in [5.74, 6) is -0.177. The van der Waals surface area contributed by atoms with E-state index >= 15 is 0 Å². The molecule has 2 aromatic rings. The molecule has 148 valence electrons. The third kappa shape index (κ3) is 3.69. The molecule has 3 rings (SSSR count). The van der Waals surface area contributed by atoms with Crippen LogP contribution in [0.3, 0.4) is 0 Å². The first kappa shape index (κ1) is 19.3. The third-order valence-corrected chi connectivity index (χ3v) is 5.09. The molecule has 2 N–H and O–H groups in total. The van der Waals surface area contributed by atoms with Crippen LogP contribution in [0.15, 0.2) is 15.9 Å². The van der Waals surface area contributed by atoms with Crippen molar-refractivity contribution in [1.82, 2.24) is 29.3 Å². The Bertz CT molecular complexity index is 994. The summed E-state index contributed by atoms with van der Waals surface area (Å²) in [5, 5.41) is 6.68. The maximum Gasteiger partial charge on any atom is 0.332 e. The molecule has 0 spiro atoms. The molecule has 27 heavy (non-hydrogen) atoms. The summed E-state index contributed by atoms with van der Waals surface area (Å²) < 4.78 is 3.84. The molecule has 9 nitrogen and oxygen atoms in total. The number of amides is 1. The molecule has 1 fully saturated rings. The maximum absolute atomic E-state index is 12.6. The van der Waals surface area contributed by atoms with Gasteiger partial charge in [0.25, 0.3) is 5.56 Å². The number of fused-ring (bicyclic) bond motifs is 1. The van der Waals surface area contributed by atoms with Gasteiger partial charge < -0.3 is 15.2 Å². The largest absolute Gasteiger partial charge is 0.352 e. The van der Waals surface area contributed by atoms with E-state index in [1.807, 2.05) is 0 Å². The van der Waals surface area contributed by atoms with Crippen molar-refractivity contribution in [2.24, 2.45) is 14.1 Å². The zero-order valence-corrected chi connectivity index (χ0v) is 16.8. The van der Waals surface area contributed by atoms with Crippen LogP contribution in [0.25, 0.3) is 11.2 Å². The van der Waals surface area contributed by atoms with Gasteiger partial charge in [-0.05, 0) is 40.5 Å².